The molecule has 0 radical (unpaired) electrons. The maximum Gasteiger partial charge on any atom is 0.344 e. The number of nitrogens with zero attached hydrogens (tertiary/aromatic N) is 3. The fourth-order valence-corrected chi connectivity index (χ4v) is 5.57. The minimum atomic E-state index is -1.17. The van der Waals surface area contributed by atoms with Crippen molar-refractivity contribution in [2.45, 2.75) is 69.6 Å². The lowest BCUT2D eigenvalue weighted by molar-refractivity contribution is -0.138. The van der Waals surface area contributed by atoms with Crippen LogP contribution in [0, 0.1) is 13.8 Å². The SMILES string of the molecule is CC[C@]1(c2ccccc2)NC(=O)N(NC(=O)CSc2nc(C)c(C)n2C2CCCC2)C1=O. The standard InChI is InChI=1S/C23H29N5O3S/c1-4-23(17-10-6-5-7-11-17)20(30)28(21(31)25-23)26-19(29)14-32-22-24-15(2)16(3)27(22)18-12-8-9-13-18/h5-7,10-11,18H,4,8-9,12-14H2,1-3H3,(H,25,31)(H,26,29)/t23-/m1/s1. The lowest BCUT2D eigenvalue weighted by Gasteiger charge is -2.25. The summed E-state index contributed by atoms with van der Waals surface area (Å²) >= 11 is 1.33. The van der Waals surface area contributed by atoms with Crippen molar-refractivity contribution in [2.24, 2.45) is 0 Å². The second-order valence-electron chi connectivity index (χ2n) is 8.39. The first-order valence-corrected chi connectivity index (χ1v) is 12.1. The van der Waals surface area contributed by atoms with Gasteiger partial charge in [-0.05, 0) is 38.7 Å². The van der Waals surface area contributed by atoms with Crippen LogP contribution in [0.3, 0.4) is 0 Å². The third kappa shape index (κ3) is 3.90. The number of urea groups is 1. The summed E-state index contributed by atoms with van der Waals surface area (Å²) in [5, 5.41) is 4.39. The number of imide groups is 1. The third-order valence-corrected chi connectivity index (χ3v) is 7.45. The molecule has 2 heterocycles. The molecule has 2 aliphatic rings. The number of nitrogens with one attached hydrogen (secondary N) is 2. The normalized spacial score (nSPS) is 21.3. The predicted molar refractivity (Wildman–Crippen MR) is 122 cm³/mol. The average molecular weight is 456 g/mol. The molecule has 8 nitrogen and oxygen atoms in total. The van der Waals surface area contributed by atoms with E-state index in [1.165, 1.54) is 24.6 Å². The molecular formula is C23H29N5O3S. The van der Waals surface area contributed by atoms with E-state index in [0.717, 1.165) is 34.4 Å². The highest BCUT2D eigenvalue weighted by Crippen LogP contribution is 2.35. The van der Waals surface area contributed by atoms with Crippen LogP contribution in [0.5, 0.6) is 0 Å². The highest BCUT2D eigenvalue weighted by Gasteiger charge is 2.52. The summed E-state index contributed by atoms with van der Waals surface area (Å²) in [5.74, 6) is -0.840. The van der Waals surface area contributed by atoms with Crippen molar-refractivity contribution in [3.63, 3.8) is 0 Å². The molecule has 1 aromatic heterocycles. The zero-order valence-corrected chi connectivity index (χ0v) is 19.5. The van der Waals surface area contributed by atoms with Gasteiger partial charge in [-0.1, -0.05) is 61.9 Å². The van der Waals surface area contributed by atoms with Crippen LogP contribution in [-0.2, 0) is 15.1 Å². The van der Waals surface area contributed by atoms with Gasteiger partial charge < -0.3 is 9.88 Å². The van der Waals surface area contributed by atoms with Crippen molar-refractivity contribution in [1.82, 2.24) is 25.3 Å². The Labute approximate surface area is 192 Å². The second-order valence-corrected chi connectivity index (χ2v) is 9.34. The Balaban J connectivity index is 1.45. The Morgan fingerprint density at radius 1 is 1.22 bits per heavy atom. The van der Waals surface area contributed by atoms with Crippen LogP contribution in [0.15, 0.2) is 35.5 Å². The quantitative estimate of drug-likeness (QED) is 0.491. The molecule has 1 aromatic carbocycles. The first-order chi connectivity index (χ1) is 15.4. The first kappa shape index (κ1) is 22.4. The Morgan fingerprint density at radius 2 is 1.91 bits per heavy atom. The number of rotatable bonds is 7. The van der Waals surface area contributed by atoms with E-state index < -0.39 is 23.4 Å². The summed E-state index contributed by atoms with van der Waals surface area (Å²) in [4.78, 5) is 43.1. The van der Waals surface area contributed by atoms with Gasteiger partial charge in [0.1, 0.15) is 5.54 Å². The highest BCUT2D eigenvalue weighted by molar-refractivity contribution is 7.99. The fourth-order valence-electron chi connectivity index (χ4n) is 4.62. The maximum absolute atomic E-state index is 13.2. The molecule has 2 aromatic rings. The van der Waals surface area contributed by atoms with Crippen molar-refractivity contribution in [1.29, 1.82) is 0 Å². The van der Waals surface area contributed by atoms with Crippen LogP contribution >= 0.6 is 11.8 Å². The number of carbonyl (C=O) groups is 3. The minimum Gasteiger partial charge on any atom is -0.320 e. The molecule has 0 unspecified atom stereocenters. The average Bonchev–Trinajstić information content (AvgIpc) is 3.48. The summed E-state index contributed by atoms with van der Waals surface area (Å²) < 4.78 is 2.24. The number of aromatic nitrogens is 2. The molecule has 1 aliphatic carbocycles. The molecule has 32 heavy (non-hydrogen) atoms. The van der Waals surface area contributed by atoms with E-state index in [9.17, 15) is 14.4 Å². The summed E-state index contributed by atoms with van der Waals surface area (Å²) in [5.41, 5.74) is 4.10. The van der Waals surface area contributed by atoms with Crippen LogP contribution in [0.2, 0.25) is 0 Å². The van der Waals surface area contributed by atoms with Gasteiger partial charge in [0.25, 0.3) is 5.91 Å². The largest absolute Gasteiger partial charge is 0.344 e. The van der Waals surface area contributed by atoms with E-state index >= 15 is 0 Å². The van der Waals surface area contributed by atoms with Gasteiger partial charge in [-0.15, -0.1) is 0 Å². The Bertz CT molecular complexity index is 1030. The summed E-state index contributed by atoms with van der Waals surface area (Å²) in [7, 11) is 0. The van der Waals surface area contributed by atoms with E-state index in [0.29, 0.717) is 18.0 Å². The number of amides is 4. The zero-order chi connectivity index (χ0) is 22.9. The van der Waals surface area contributed by atoms with Crippen LogP contribution < -0.4 is 10.7 Å². The fraction of sp³-hybridized carbons (Fsp3) is 0.478. The zero-order valence-electron chi connectivity index (χ0n) is 18.7. The van der Waals surface area contributed by atoms with Crippen molar-refractivity contribution in [2.75, 3.05) is 5.75 Å². The number of carbonyl (C=O) groups excluding carboxylic acids is 3. The lowest BCUT2D eigenvalue weighted by atomic mass is 9.87. The predicted octanol–water partition coefficient (Wildman–Crippen LogP) is 3.60. The smallest absolute Gasteiger partial charge is 0.320 e. The summed E-state index contributed by atoms with van der Waals surface area (Å²) in [6.45, 7) is 5.87. The van der Waals surface area contributed by atoms with E-state index in [2.05, 4.69) is 27.2 Å². The second kappa shape index (κ2) is 8.97. The van der Waals surface area contributed by atoms with Crippen LogP contribution in [0.4, 0.5) is 4.79 Å². The topological polar surface area (TPSA) is 96.3 Å². The molecule has 1 aliphatic heterocycles. The molecule has 1 saturated carbocycles. The van der Waals surface area contributed by atoms with Crippen molar-refractivity contribution >= 4 is 29.6 Å². The van der Waals surface area contributed by atoms with Gasteiger partial charge in [0.15, 0.2) is 5.16 Å². The van der Waals surface area contributed by atoms with Crippen molar-refractivity contribution < 1.29 is 14.4 Å². The maximum atomic E-state index is 13.2. The monoisotopic (exact) mass is 455 g/mol. The van der Waals surface area contributed by atoms with Crippen molar-refractivity contribution in [3.05, 3.63) is 47.3 Å². The van der Waals surface area contributed by atoms with Gasteiger partial charge >= 0.3 is 6.03 Å². The van der Waals surface area contributed by atoms with Gasteiger partial charge in [0.2, 0.25) is 5.91 Å². The van der Waals surface area contributed by atoms with E-state index in [1.807, 2.05) is 32.0 Å². The Kier molecular flexibility index (Phi) is 6.28. The number of thioether (sulfide) groups is 1. The number of benzene rings is 1. The summed E-state index contributed by atoms with van der Waals surface area (Å²) in [6, 6.07) is 8.89. The molecule has 2 fully saturated rings. The van der Waals surface area contributed by atoms with Crippen molar-refractivity contribution in [3.8, 4) is 0 Å². The molecule has 2 N–H and O–H groups in total. The Morgan fingerprint density at radius 3 is 2.56 bits per heavy atom. The molecule has 0 bridgehead atoms. The Hall–Kier alpha value is -2.81. The van der Waals surface area contributed by atoms with Gasteiger partial charge in [0, 0.05) is 11.7 Å². The van der Waals surface area contributed by atoms with E-state index in [-0.39, 0.29) is 5.75 Å². The van der Waals surface area contributed by atoms with Crippen LogP contribution in [-0.4, -0.2) is 38.2 Å². The highest BCUT2D eigenvalue weighted by atomic mass is 32.2. The molecule has 4 amide bonds. The third-order valence-electron chi connectivity index (χ3n) is 6.50. The first-order valence-electron chi connectivity index (χ1n) is 11.1. The number of aryl methyl sites for hydroxylation is 1. The number of hydrogen-bond acceptors (Lipinski definition) is 5. The van der Waals surface area contributed by atoms with Gasteiger partial charge in [-0.2, -0.15) is 5.01 Å². The molecular weight excluding hydrogens is 426 g/mol. The number of hydrazine groups is 1. The van der Waals surface area contributed by atoms with Gasteiger partial charge in [-0.25, -0.2) is 9.78 Å². The minimum absolute atomic E-state index is 0.0597. The molecule has 9 heteroatoms. The van der Waals surface area contributed by atoms with Crippen LogP contribution in [0.25, 0.3) is 0 Å². The molecule has 0 spiro atoms. The summed E-state index contributed by atoms with van der Waals surface area (Å²) in [6.07, 6.45) is 5.03. The number of hydrogen-bond donors (Lipinski definition) is 2. The number of imidazole rings is 1. The van der Waals surface area contributed by atoms with Gasteiger partial charge in [-0.3, -0.25) is 15.0 Å². The lowest BCUT2D eigenvalue weighted by Crippen LogP contribution is -2.49. The van der Waals surface area contributed by atoms with Gasteiger partial charge in [0.05, 0.1) is 11.4 Å². The van der Waals surface area contributed by atoms with E-state index in [1.54, 1.807) is 12.1 Å². The van der Waals surface area contributed by atoms with Crippen LogP contribution in [0.1, 0.15) is 62.0 Å². The molecule has 170 valence electrons. The van der Waals surface area contributed by atoms with E-state index in [4.69, 9.17) is 0 Å². The molecule has 1 saturated heterocycles. The molecule has 1 atom stereocenters. The molecule has 4 rings (SSSR count).